The predicted molar refractivity (Wildman–Crippen MR) is 103 cm³/mol. The van der Waals surface area contributed by atoms with E-state index in [1.807, 2.05) is 24.3 Å². The van der Waals surface area contributed by atoms with Gasteiger partial charge in [-0.1, -0.05) is 31.4 Å². The number of fused-ring (bicyclic) bond motifs is 1. The summed E-state index contributed by atoms with van der Waals surface area (Å²) in [7, 11) is 0. The predicted octanol–water partition coefficient (Wildman–Crippen LogP) is 3.50. The number of hydrogen-bond acceptors (Lipinski definition) is 6. The van der Waals surface area contributed by atoms with Crippen LogP contribution in [0.25, 0.3) is 10.2 Å². The molecule has 1 amide bonds. The smallest absolute Gasteiger partial charge is 0.306 e. The lowest BCUT2D eigenvalue weighted by Gasteiger charge is -2.32. The van der Waals surface area contributed by atoms with E-state index in [-0.39, 0.29) is 6.42 Å². The van der Waals surface area contributed by atoms with Gasteiger partial charge < -0.3 is 10.1 Å². The van der Waals surface area contributed by atoms with Crippen molar-refractivity contribution >= 4 is 33.4 Å². The molecule has 3 rings (SSSR count). The maximum Gasteiger partial charge on any atom is 0.306 e. The van der Waals surface area contributed by atoms with E-state index in [1.54, 1.807) is 18.3 Å². The molecule has 7 heteroatoms. The molecule has 0 spiro atoms. The van der Waals surface area contributed by atoms with Gasteiger partial charge in [0, 0.05) is 6.42 Å². The Morgan fingerprint density at radius 3 is 2.78 bits per heavy atom. The maximum absolute atomic E-state index is 12.4. The van der Waals surface area contributed by atoms with Gasteiger partial charge in [-0.3, -0.25) is 9.59 Å². The molecule has 1 fully saturated rings. The number of aromatic nitrogens is 1. The first-order valence-corrected chi connectivity index (χ1v) is 10.1. The van der Waals surface area contributed by atoms with Crippen LogP contribution in [0.5, 0.6) is 0 Å². The summed E-state index contributed by atoms with van der Waals surface area (Å²) in [6, 6.07) is 10.1. The molecule has 6 nitrogen and oxygen atoms in total. The lowest BCUT2D eigenvalue weighted by atomic mass is 9.83. The van der Waals surface area contributed by atoms with Gasteiger partial charge in [0.15, 0.2) is 6.10 Å². The molecule has 0 bridgehead atoms. The normalized spacial score (nSPS) is 17.0. The van der Waals surface area contributed by atoms with Crippen molar-refractivity contribution in [3.63, 3.8) is 0 Å². The number of nitriles is 1. The van der Waals surface area contributed by atoms with Crippen molar-refractivity contribution < 1.29 is 14.3 Å². The number of benzene rings is 1. The Bertz CT molecular complexity index is 832. The molecular weight excluding hydrogens is 362 g/mol. The van der Waals surface area contributed by atoms with E-state index < -0.39 is 23.5 Å². The van der Waals surface area contributed by atoms with Crippen LogP contribution in [-0.4, -0.2) is 28.5 Å². The number of thiazole rings is 1. The first kappa shape index (κ1) is 19.3. The van der Waals surface area contributed by atoms with Crippen molar-refractivity contribution in [2.45, 2.75) is 63.5 Å². The van der Waals surface area contributed by atoms with Crippen molar-refractivity contribution in [2.24, 2.45) is 0 Å². The Balaban J connectivity index is 1.49. The van der Waals surface area contributed by atoms with Crippen molar-refractivity contribution in [1.29, 1.82) is 5.26 Å². The number of ether oxygens (including phenoxy) is 1. The quantitative estimate of drug-likeness (QED) is 0.768. The first-order valence-electron chi connectivity index (χ1n) is 9.28. The molecule has 0 radical (unpaired) electrons. The number of amides is 1. The van der Waals surface area contributed by atoms with E-state index in [1.165, 1.54) is 0 Å². The number of carbonyl (C=O) groups excluding carboxylic acids is 2. The molecule has 1 N–H and O–H groups in total. The van der Waals surface area contributed by atoms with E-state index >= 15 is 0 Å². The number of carbonyl (C=O) groups is 2. The average Bonchev–Trinajstić information content (AvgIpc) is 3.10. The van der Waals surface area contributed by atoms with Crippen molar-refractivity contribution in [3.8, 4) is 6.07 Å². The van der Waals surface area contributed by atoms with Crippen LogP contribution >= 0.6 is 11.3 Å². The molecule has 1 aromatic carbocycles. The van der Waals surface area contributed by atoms with E-state index in [4.69, 9.17) is 4.74 Å². The topological polar surface area (TPSA) is 92.1 Å². The highest BCUT2D eigenvalue weighted by Crippen LogP contribution is 2.27. The lowest BCUT2D eigenvalue weighted by molar-refractivity contribution is -0.155. The Labute approximate surface area is 162 Å². The zero-order valence-electron chi connectivity index (χ0n) is 15.4. The van der Waals surface area contributed by atoms with Gasteiger partial charge in [-0.25, -0.2) is 4.98 Å². The third-order valence-electron chi connectivity index (χ3n) is 4.84. The van der Waals surface area contributed by atoms with Gasteiger partial charge in [-0.2, -0.15) is 5.26 Å². The second kappa shape index (κ2) is 8.49. The Kier molecular flexibility index (Phi) is 6.07. The molecule has 1 heterocycles. The summed E-state index contributed by atoms with van der Waals surface area (Å²) in [5.74, 6) is -0.849. The van der Waals surface area contributed by atoms with Gasteiger partial charge in [0.05, 0.1) is 27.7 Å². The zero-order chi connectivity index (χ0) is 19.3. The summed E-state index contributed by atoms with van der Waals surface area (Å²) in [5, 5.41) is 13.1. The fraction of sp³-hybridized carbons (Fsp3) is 0.500. The van der Waals surface area contributed by atoms with Crippen LogP contribution in [0.4, 0.5) is 0 Å². The molecular formula is C20H23N3O3S. The summed E-state index contributed by atoms with van der Waals surface area (Å²) in [6.45, 7) is 1.54. The number of rotatable bonds is 6. The van der Waals surface area contributed by atoms with Gasteiger partial charge in [0.1, 0.15) is 5.54 Å². The lowest BCUT2D eigenvalue weighted by Crippen LogP contribution is -2.52. The van der Waals surface area contributed by atoms with Gasteiger partial charge in [-0.15, -0.1) is 11.3 Å². The minimum absolute atomic E-state index is 0.167. The summed E-state index contributed by atoms with van der Waals surface area (Å²) in [4.78, 5) is 28.9. The largest absolute Gasteiger partial charge is 0.453 e. The summed E-state index contributed by atoms with van der Waals surface area (Å²) in [5.41, 5.74) is 0.102. The third-order valence-corrected chi connectivity index (χ3v) is 5.94. The molecule has 1 aliphatic carbocycles. The first-order chi connectivity index (χ1) is 13.0. The number of para-hydroxylation sites is 1. The molecule has 0 saturated heterocycles. The highest BCUT2D eigenvalue weighted by Gasteiger charge is 2.35. The SMILES string of the molecule is C[C@H](OC(=O)CCc1nc2ccccc2s1)C(=O)NC1(C#N)CCCCC1. The van der Waals surface area contributed by atoms with Gasteiger partial charge in [0.25, 0.3) is 5.91 Å². The Morgan fingerprint density at radius 1 is 1.33 bits per heavy atom. The molecule has 1 atom stereocenters. The van der Waals surface area contributed by atoms with Crippen LogP contribution in [-0.2, 0) is 20.7 Å². The van der Waals surface area contributed by atoms with Gasteiger partial charge in [0.2, 0.25) is 0 Å². The highest BCUT2D eigenvalue weighted by atomic mass is 32.1. The molecule has 0 aliphatic heterocycles. The molecule has 1 aliphatic rings. The van der Waals surface area contributed by atoms with E-state index in [0.29, 0.717) is 19.3 Å². The second-order valence-electron chi connectivity index (χ2n) is 6.95. The highest BCUT2D eigenvalue weighted by molar-refractivity contribution is 7.18. The van der Waals surface area contributed by atoms with Crippen LogP contribution in [0.3, 0.4) is 0 Å². The van der Waals surface area contributed by atoms with E-state index in [0.717, 1.165) is 34.5 Å². The standard InChI is InChI=1S/C20H23N3O3S/c1-14(19(25)23-20(13-21)11-5-2-6-12-20)26-18(24)10-9-17-22-15-7-3-4-8-16(15)27-17/h3-4,7-8,14H,2,5-6,9-12H2,1H3,(H,23,25)/t14-/m0/s1. The molecule has 1 aromatic heterocycles. The van der Waals surface area contributed by atoms with Crippen molar-refractivity contribution in [2.75, 3.05) is 0 Å². The van der Waals surface area contributed by atoms with Crippen LogP contribution < -0.4 is 5.32 Å². The monoisotopic (exact) mass is 385 g/mol. The Morgan fingerprint density at radius 2 is 2.07 bits per heavy atom. The minimum atomic E-state index is -0.917. The zero-order valence-corrected chi connectivity index (χ0v) is 16.2. The van der Waals surface area contributed by atoms with E-state index in [2.05, 4.69) is 16.4 Å². The fourth-order valence-electron chi connectivity index (χ4n) is 3.30. The van der Waals surface area contributed by atoms with Crippen LogP contribution in [0.15, 0.2) is 24.3 Å². The molecule has 142 valence electrons. The van der Waals surface area contributed by atoms with Crippen LogP contribution in [0.1, 0.15) is 50.5 Å². The molecule has 2 aromatic rings. The van der Waals surface area contributed by atoms with E-state index in [9.17, 15) is 14.9 Å². The molecule has 27 heavy (non-hydrogen) atoms. The van der Waals surface area contributed by atoms with Gasteiger partial charge >= 0.3 is 5.97 Å². The summed E-state index contributed by atoms with van der Waals surface area (Å²) in [6.07, 6.45) is 3.94. The maximum atomic E-state index is 12.4. The second-order valence-corrected chi connectivity index (χ2v) is 8.07. The summed E-state index contributed by atoms with van der Waals surface area (Å²) < 4.78 is 6.34. The van der Waals surface area contributed by atoms with Crippen LogP contribution in [0, 0.1) is 11.3 Å². The third kappa shape index (κ3) is 4.83. The van der Waals surface area contributed by atoms with Crippen molar-refractivity contribution in [1.82, 2.24) is 10.3 Å². The molecule has 1 saturated carbocycles. The number of nitrogens with zero attached hydrogens (tertiary/aromatic N) is 2. The summed E-state index contributed by atoms with van der Waals surface area (Å²) >= 11 is 1.56. The van der Waals surface area contributed by atoms with Crippen LogP contribution in [0.2, 0.25) is 0 Å². The Hall–Kier alpha value is -2.46. The van der Waals surface area contributed by atoms with Crippen molar-refractivity contribution in [3.05, 3.63) is 29.3 Å². The number of nitrogens with one attached hydrogen (secondary N) is 1. The minimum Gasteiger partial charge on any atom is -0.453 e. The number of hydrogen-bond donors (Lipinski definition) is 1. The average molecular weight is 385 g/mol. The molecule has 0 unspecified atom stereocenters. The number of aryl methyl sites for hydroxylation is 1. The number of esters is 1. The van der Waals surface area contributed by atoms with Gasteiger partial charge in [-0.05, 0) is 31.9 Å². The fourth-order valence-corrected chi connectivity index (χ4v) is 4.27.